The Morgan fingerprint density at radius 3 is 2.86 bits per heavy atom. The second-order valence-corrected chi connectivity index (χ2v) is 6.23. The summed E-state index contributed by atoms with van der Waals surface area (Å²) in [5, 5.41) is 0.431. The van der Waals surface area contributed by atoms with Crippen LogP contribution in [0.25, 0.3) is 16.8 Å². The van der Waals surface area contributed by atoms with Crippen LogP contribution in [0.4, 0.5) is 0 Å². The minimum absolute atomic E-state index is 0.149. The number of hydrogen-bond donors (Lipinski definition) is 0. The topological polar surface area (TPSA) is 34.4 Å². The lowest BCUT2D eigenvalue weighted by Crippen LogP contribution is -2.15. The van der Waals surface area contributed by atoms with Gasteiger partial charge in [0.2, 0.25) is 0 Å². The summed E-state index contributed by atoms with van der Waals surface area (Å²) >= 11 is 9.77. The molecule has 0 unspecified atom stereocenters. The molecule has 1 aromatic carbocycles. The van der Waals surface area contributed by atoms with Crippen molar-refractivity contribution in [2.45, 2.75) is 6.92 Å². The van der Waals surface area contributed by atoms with Crippen LogP contribution in [0.15, 0.2) is 57.9 Å². The first-order valence-corrected chi connectivity index (χ1v) is 7.84. The van der Waals surface area contributed by atoms with Crippen molar-refractivity contribution in [1.29, 1.82) is 0 Å². The Labute approximate surface area is 141 Å². The first-order valence-electron chi connectivity index (χ1n) is 6.67. The molecule has 3 nitrogen and oxygen atoms in total. The normalized spacial score (nSPS) is 11.9. The predicted molar refractivity (Wildman–Crippen MR) is 94.1 cm³/mol. The molecule has 110 valence electrons. The zero-order valence-electron chi connectivity index (χ0n) is 11.8. The second-order valence-electron chi connectivity index (χ2n) is 4.91. The molecule has 2 heterocycles. The van der Waals surface area contributed by atoms with Gasteiger partial charge < -0.3 is 0 Å². The number of pyridine rings is 1. The van der Waals surface area contributed by atoms with Gasteiger partial charge in [0.05, 0.1) is 10.7 Å². The molecule has 3 aromatic rings. The van der Waals surface area contributed by atoms with Crippen molar-refractivity contribution in [3.05, 3.63) is 80.3 Å². The van der Waals surface area contributed by atoms with Gasteiger partial charge in [-0.25, -0.2) is 4.98 Å². The minimum atomic E-state index is -0.149. The molecule has 0 radical (unpaired) electrons. The Balaban J connectivity index is 2.14. The van der Waals surface area contributed by atoms with Gasteiger partial charge in [0.1, 0.15) is 5.65 Å². The fraction of sp³-hybridized carbons (Fsp3) is 0.0588. The van der Waals surface area contributed by atoms with Gasteiger partial charge in [-0.1, -0.05) is 45.7 Å². The zero-order valence-corrected chi connectivity index (χ0v) is 14.1. The summed E-state index contributed by atoms with van der Waals surface area (Å²) in [6.45, 7) is 1.91. The monoisotopic (exact) mass is 374 g/mol. The summed E-state index contributed by atoms with van der Waals surface area (Å²) in [7, 11) is 0. The zero-order chi connectivity index (χ0) is 15.7. The molecule has 0 aliphatic heterocycles. The lowest BCUT2D eigenvalue weighted by Gasteiger charge is -2.05. The van der Waals surface area contributed by atoms with Gasteiger partial charge in [0.25, 0.3) is 5.56 Å². The maximum Gasteiger partial charge on any atom is 0.258 e. The molecule has 0 saturated carbocycles. The summed E-state index contributed by atoms with van der Waals surface area (Å²) < 4.78 is 2.48. The maximum atomic E-state index is 12.2. The van der Waals surface area contributed by atoms with Gasteiger partial charge in [0.15, 0.2) is 0 Å². The molecule has 5 heteroatoms. The Morgan fingerprint density at radius 1 is 1.27 bits per heavy atom. The molecule has 22 heavy (non-hydrogen) atoms. The molecular weight excluding hydrogens is 364 g/mol. The fourth-order valence-corrected chi connectivity index (χ4v) is 2.84. The van der Waals surface area contributed by atoms with E-state index in [1.807, 2.05) is 43.3 Å². The van der Waals surface area contributed by atoms with Gasteiger partial charge in [-0.15, -0.1) is 0 Å². The van der Waals surface area contributed by atoms with E-state index in [-0.39, 0.29) is 5.56 Å². The lowest BCUT2D eigenvalue weighted by atomic mass is 10.2. The highest BCUT2D eigenvalue weighted by molar-refractivity contribution is 9.10. The number of nitrogens with zero attached hydrogens (tertiary/aromatic N) is 2. The number of aromatic nitrogens is 2. The predicted octanol–water partition coefficient (Wildman–Crippen LogP) is 4.50. The molecular formula is C17H12BrClN2O. The summed E-state index contributed by atoms with van der Waals surface area (Å²) in [4.78, 5) is 16.7. The van der Waals surface area contributed by atoms with Crippen molar-refractivity contribution >= 4 is 44.3 Å². The van der Waals surface area contributed by atoms with E-state index < -0.39 is 0 Å². The quantitative estimate of drug-likeness (QED) is 0.661. The van der Waals surface area contributed by atoms with Crippen LogP contribution in [0.5, 0.6) is 0 Å². The Kier molecular flexibility index (Phi) is 4.14. The van der Waals surface area contributed by atoms with Crippen molar-refractivity contribution in [3.63, 3.8) is 0 Å². The van der Waals surface area contributed by atoms with E-state index in [0.29, 0.717) is 16.4 Å². The molecule has 0 atom stereocenters. The van der Waals surface area contributed by atoms with Crippen LogP contribution in [0.2, 0.25) is 0 Å². The molecule has 0 aliphatic carbocycles. The molecule has 2 aromatic heterocycles. The van der Waals surface area contributed by atoms with E-state index in [1.54, 1.807) is 12.3 Å². The standard InChI is InChI=1S/C17H12BrClN2O/c1-11-4-3-7-21-16(22)10-15(20-17(11)21)14(19)9-12-5-2-6-13(18)8-12/h2-10H,1H3/b14-9-. The highest BCUT2D eigenvalue weighted by Gasteiger charge is 2.07. The average molecular weight is 376 g/mol. The average Bonchev–Trinajstić information content (AvgIpc) is 2.48. The van der Waals surface area contributed by atoms with Crippen molar-refractivity contribution in [2.75, 3.05) is 0 Å². The smallest absolute Gasteiger partial charge is 0.258 e. The molecule has 0 amide bonds. The first-order chi connectivity index (χ1) is 10.5. The largest absolute Gasteiger partial charge is 0.269 e. The molecule has 0 aliphatic rings. The molecule has 0 saturated heterocycles. The lowest BCUT2D eigenvalue weighted by molar-refractivity contribution is 1.02. The highest BCUT2D eigenvalue weighted by Crippen LogP contribution is 2.22. The number of fused-ring (bicyclic) bond motifs is 1. The summed E-state index contributed by atoms with van der Waals surface area (Å²) in [5.74, 6) is 0. The molecule has 0 N–H and O–H groups in total. The number of aryl methyl sites for hydroxylation is 1. The fourth-order valence-electron chi connectivity index (χ4n) is 2.20. The van der Waals surface area contributed by atoms with Crippen LogP contribution < -0.4 is 5.56 Å². The number of rotatable bonds is 2. The van der Waals surface area contributed by atoms with E-state index in [2.05, 4.69) is 20.9 Å². The summed E-state index contributed by atoms with van der Waals surface area (Å²) in [5.41, 5.74) is 2.80. The third kappa shape index (κ3) is 2.98. The number of halogens is 2. The maximum absolute atomic E-state index is 12.2. The Bertz CT molecular complexity index is 947. The second kappa shape index (κ2) is 6.07. The van der Waals surface area contributed by atoms with Gasteiger partial charge in [-0.05, 0) is 42.3 Å². The van der Waals surface area contributed by atoms with E-state index in [0.717, 1.165) is 15.6 Å². The SMILES string of the molecule is Cc1cccn2c(=O)cc(/C(Cl)=C/c3cccc(Br)c3)nc12. The summed E-state index contributed by atoms with van der Waals surface area (Å²) in [6.07, 6.45) is 3.50. The van der Waals surface area contributed by atoms with Gasteiger partial charge in [-0.2, -0.15) is 0 Å². The van der Waals surface area contributed by atoms with Crippen LogP contribution in [0.1, 0.15) is 16.8 Å². The molecule has 0 spiro atoms. The van der Waals surface area contributed by atoms with Crippen molar-refractivity contribution in [3.8, 4) is 0 Å². The van der Waals surface area contributed by atoms with E-state index in [1.165, 1.54) is 10.5 Å². The number of hydrogen-bond acceptors (Lipinski definition) is 2. The minimum Gasteiger partial charge on any atom is -0.269 e. The third-order valence-electron chi connectivity index (χ3n) is 3.27. The van der Waals surface area contributed by atoms with Crippen molar-refractivity contribution < 1.29 is 0 Å². The van der Waals surface area contributed by atoms with Gasteiger partial charge in [-0.3, -0.25) is 9.20 Å². The van der Waals surface area contributed by atoms with Crippen LogP contribution in [0, 0.1) is 6.92 Å². The molecule has 3 rings (SSSR count). The Morgan fingerprint density at radius 2 is 2.09 bits per heavy atom. The van der Waals surface area contributed by atoms with Crippen LogP contribution in [-0.2, 0) is 0 Å². The highest BCUT2D eigenvalue weighted by atomic mass is 79.9. The van der Waals surface area contributed by atoms with Crippen molar-refractivity contribution in [2.24, 2.45) is 0 Å². The third-order valence-corrected chi connectivity index (χ3v) is 4.07. The van der Waals surface area contributed by atoms with E-state index >= 15 is 0 Å². The van der Waals surface area contributed by atoms with Crippen LogP contribution >= 0.6 is 27.5 Å². The first kappa shape index (κ1) is 15.0. The summed E-state index contributed by atoms with van der Waals surface area (Å²) in [6, 6.07) is 12.9. The van der Waals surface area contributed by atoms with Gasteiger partial charge in [0, 0.05) is 16.7 Å². The number of benzene rings is 1. The molecule has 0 bridgehead atoms. The molecule has 0 fully saturated rings. The van der Waals surface area contributed by atoms with Gasteiger partial charge >= 0.3 is 0 Å². The van der Waals surface area contributed by atoms with Crippen molar-refractivity contribution in [1.82, 2.24) is 9.38 Å². The van der Waals surface area contributed by atoms with Crippen LogP contribution in [-0.4, -0.2) is 9.38 Å². The van der Waals surface area contributed by atoms with Crippen LogP contribution in [0.3, 0.4) is 0 Å². The Hall–Kier alpha value is -1.91. The van der Waals surface area contributed by atoms with E-state index in [4.69, 9.17) is 11.6 Å². The van der Waals surface area contributed by atoms with E-state index in [9.17, 15) is 4.79 Å².